The fraction of sp³-hybridized carbons (Fsp3) is 0.862. The molecule has 8 atom stereocenters. The summed E-state index contributed by atoms with van der Waals surface area (Å²) in [5, 5.41) is 0. The lowest BCUT2D eigenvalue weighted by atomic mass is 9.33. The summed E-state index contributed by atoms with van der Waals surface area (Å²) in [6.07, 6.45) is 15.9. The number of hydrogen-bond donors (Lipinski definition) is 0. The molecular formula is C29H46O2. The molecule has 0 saturated heterocycles. The van der Waals surface area contributed by atoms with E-state index < -0.39 is 0 Å². The van der Waals surface area contributed by atoms with Crippen molar-refractivity contribution in [2.75, 3.05) is 0 Å². The van der Waals surface area contributed by atoms with Gasteiger partial charge in [-0.15, -0.1) is 0 Å². The molecule has 2 heteroatoms. The lowest BCUT2D eigenvalue weighted by molar-refractivity contribution is -0.225. The van der Waals surface area contributed by atoms with E-state index >= 15 is 0 Å². The van der Waals surface area contributed by atoms with Crippen LogP contribution in [0.4, 0.5) is 0 Å². The molecule has 0 amide bonds. The van der Waals surface area contributed by atoms with Gasteiger partial charge >= 0.3 is 0 Å². The molecule has 0 radical (unpaired) electrons. The maximum Gasteiger partial charge on any atom is 0.152 e. The molecule has 0 unspecified atom stereocenters. The van der Waals surface area contributed by atoms with Crippen LogP contribution < -0.4 is 0 Å². The molecule has 31 heavy (non-hydrogen) atoms. The van der Waals surface area contributed by atoms with Gasteiger partial charge in [0.2, 0.25) is 0 Å². The van der Waals surface area contributed by atoms with Crippen molar-refractivity contribution in [3.8, 4) is 0 Å². The van der Waals surface area contributed by atoms with E-state index in [0.29, 0.717) is 33.4 Å². The molecule has 4 saturated carbocycles. The maximum atomic E-state index is 12.6. The van der Waals surface area contributed by atoms with Crippen LogP contribution in [0.3, 0.4) is 0 Å². The van der Waals surface area contributed by atoms with Gasteiger partial charge in [-0.25, -0.2) is 0 Å². The van der Waals surface area contributed by atoms with Crippen molar-refractivity contribution in [2.45, 2.75) is 113 Å². The second kappa shape index (κ2) is 7.29. The van der Waals surface area contributed by atoms with Crippen molar-refractivity contribution in [2.24, 2.45) is 44.8 Å². The monoisotopic (exact) mass is 426 g/mol. The molecule has 0 spiro atoms. The molecule has 2 nitrogen and oxygen atoms in total. The standard InChI is InChI=1S/C29H46O2/c1-20(30)9-8-13-25(3)15-18-29(7)24-12-14-27(5)21(2)22(31)10-11-23(27)28(24,6)17-16-26(29,4)19-25/h8-9,21,23-24H,10-19H2,1-7H3/b9-8+/t21-,23+,24-,25+,26-,27+,28-,29+/m0/s1. The molecule has 4 fully saturated rings. The average Bonchev–Trinajstić information content (AvgIpc) is 2.67. The van der Waals surface area contributed by atoms with E-state index in [1.165, 1.54) is 44.9 Å². The van der Waals surface area contributed by atoms with Gasteiger partial charge < -0.3 is 0 Å². The minimum atomic E-state index is 0.161. The predicted molar refractivity (Wildman–Crippen MR) is 128 cm³/mol. The zero-order chi connectivity index (χ0) is 22.9. The number of Topliss-reactive ketones (excluding diaryl/α,β-unsaturated/α-hetero) is 1. The van der Waals surface area contributed by atoms with Crippen LogP contribution in [0.1, 0.15) is 113 Å². The maximum absolute atomic E-state index is 12.6. The van der Waals surface area contributed by atoms with E-state index in [-0.39, 0.29) is 17.1 Å². The summed E-state index contributed by atoms with van der Waals surface area (Å²) in [5.41, 5.74) is 1.64. The summed E-state index contributed by atoms with van der Waals surface area (Å²) in [6.45, 7) is 16.7. The highest BCUT2D eigenvalue weighted by molar-refractivity contribution is 5.87. The van der Waals surface area contributed by atoms with Crippen LogP contribution in [0, 0.1) is 44.8 Å². The molecule has 0 aromatic heterocycles. The largest absolute Gasteiger partial charge is 0.299 e. The number of carbonyl (C=O) groups excluding carboxylic acids is 2. The third-order valence-corrected chi connectivity index (χ3v) is 11.9. The van der Waals surface area contributed by atoms with Crippen LogP contribution in [-0.2, 0) is 9.59 Å². The number of hydrogen-bond acceptors (Lipinski definition) is 2. The summed E-state index contributed by atoms with van der Waals surface area (Å²) in [5.74, 6) is 2.37. The fourth-order valence-corrected chi connectivity index (χ4v) is 9.69. The van der Waals surface area contributed by atoms with Gasteiger partial charge in [-0.2, -0.15) is 0 Å². The Kier molecular flexibility index (Phi) is 5.47. The van der Waals surface area contributed by atoms with E-state index in [4.69, 9.17) is 0 Å². The first-order valence-corrected chi connectivity index (χ1v) is 13.0. The molecular weight excluding hydrogens is 380 g/mol. The molecule has 4 aliphatic rings. The first-order chi connectivity index (χ1) is 14.3. The minimum absolute atomic E-state index is 0.161. The smallest absolute Gasteiger partial charge is 0.152 e. The van der Waals surface area contributed by atoms with Gasteiger partial charge in [0.15, 0.2) is 5.78 Å². The molecule has 4 aliphatic carbocycles. The van der Waals surface area contributed by atoms with Gasteiger partial charge in [-0.1, -0.05) is 47.6 Å². The molecule has 0 aromatic rings. The number of carbonyl (C=O) groups is 2. The third kappa shape index (κ3) is 3.33. The second-order valence-electron chi connectivity index (χ2n) is 13.6. The summed E-state index contributed by atoms with van der Waals surface area (Å²) < 4.78 is 0. The van der Waals surface area contributed by atoms with Crippen molar-refractivity contribution in [3.05, 3.63) is 12.2 Å². The lowest BCUT2D eigenvalue weighted by Gasteiger charge is -2.72. The Morgan fingerprint density at radius 2 is 1.65 bits per heavy atom. The first-order valence-electron chi connectivity index (χ1n) is 13.0. The van der Waals surface area contributed by atoms with E-state index in [0.717, 1.165) is 25.2 Å². The predicted octanol–water partition coefficient (Wildman–Crippen LogP) is 7.56. The Morgan fingerprint density at radius 1 is 0.935 bits per heavy atom. The lowest BCUT2D eigenvalue weighted by Crippen LogP contribution is -2.64. The number of rotatable bonds is 3. The van der Waals surface area contributed by atoms with Crippen molar-refractivity contribution in [1.82, 2.24) is 0 Å². The Morgan fingerprint density at radius 3 is 2.32 bits per heavy atom. The molecule has 0 heterocycles. The molecule has 174 valence electrons. The minimum Gasteiger partial charge on any atom is -0.299 e. The highest BCUT2D eigenvalue weighted by Gasteiger charge is 2.67. The summed E-state index contributed by atoms with van der Waals surface area (Å²) in [4.78, 5) is 24.0. The van der Waals surface area contributed by atoms with Gasteiger partial charge in [0.25, 0.3) is 0 Å². The highest BCUT2D eigenvalue weighted by Crippen LogP contribution is 2.75. The van der Waals surface area contributed by atoms with E-state index in [1.54, 1.807) is 13.0 Å². The van der Waals surface area contributed by atoms with Crippen molar-refractivity contribution >= 4 is 11.6 Å². The summed E-state index contributed by atoms with van der Waals surface area (Å²) >= 11 is 0. The number of ketones is 2. The van der Waals surface area contributed by atoms with Gasteiger partial charge in [0.05, 0.1) is 0 Å². The van der Waals surface area contributed by atoms with E-state index in [9.17, 15) is 9.59 Å². The van der Waals surface area contributed by atoms with Crippen LogP contribution >= 0.6 is 0 Å². The van der Waals surface area contributed by atoms with Crippen LogP contribution in [0.5, 0.6) is 0 Å². The van der Waals surface area contributed by atoms with Gasteiger partial charge in [-0.05, 0) is 110 Å². The fourth-order valence-electron chi connectivity index (χ4n) is 9.69. The van der Waals surface area contributed by atoms with E-state index in [1.807, 2.05) is 0 Å². The molecule has 0 aromatic carbocycles. The molecule has 0 bridgehead atoms. The number of fused-ring (bicyclic) bond motifs is 5. The van der Waals surface area contributed by atoms with Gasteiger partial charge in [0.1, 0.15) is 5.78 Å². The first kappa shape index (κ1) is 23.2. The quantitative estimate of drug-likeness (QED) is 0.436. The normalized spacial score (nSPS) is 52.4. The van der Waals surface area contributed by atoms with E-state index in [2.05, 4.69) is 47.6 Å². The SMILES string of the molecule is CC(=O)/C=C/C[C@]1(C)CC[C@]2(C)[C@H]3CC[C@@]4(C)[C@@H](CCC(=O)[C@@H]4C)[C@]3(C)CC[C@@]2(C)C1. The molecule has 0 aliphatic heterocycles. The number of allylic oxidation sites excluding steroid dienone is 2. The van der Waals surface area contributed by atoms with Crippen molar-refractivity contribution in [3.63, 3.8) is 0 Å². The topological polar surface area (TPSA) is 34.1 Å². The Bertz CT molecular complexity index is 797. The average molecular weight is 427 g/mol. The van der Waals surface area contributed by atoms with Crippen LogP contribution in [-0.4, -0.2) is 11.6 Å². The Hall–Kier alpha value is -0.920. The molecule has 0 N–H and O–H groups in total. The highest BCUT2D eigenvalue weighted by atomic mass is 16.1. The van der Waals surface area contributed by atoms with Gasteiger partial charge in [0, 0.05) is 12.3 Å². The Balaban J connectivity index is 1.62. The summed E-state index contributed by atoms with van der Waals surface area (Å²) in [7, 11) is 0. The van der Waals surface area contributed by atoms with Crippen LogP contribution in [0.15, 0.2) is 12.2 Å². The molecule has 4 rings (SSSR count). The van der Waals surface area contributed by atoms with Crippen LogP contribution in [0.25, 0.3) is 0 Å². The van der Waals surface area contributed by atoms with Gasteiger partial charge in [-0.3, -0.25) is 9.59 Å². The van der Waals surface area contributed by atoms with Crippen molar-refractivity contribution in [1.29, 1.82) is 0 Å². The Labute approximate surface area is 191 Å². The zero-order valence-corrected chi connectivity index (χ0v) is 21.3. The van der Waals surface area contributed by atoms with Crippen molar-refractivity contribution < 1.29 is 9.59 Å². The zero-order valence-electron chi connectivity index (χ0n) is 21.3. The second-order valence-corrected chi connectivity index (χ2v) is 13.6. The third-order valence-electron chi connectivity index (χ3n) is 11.9. The summed E-state index contributed by atoms with van der Waals surface area (Å²) in [6, 6.07) is 0. The van der Waals surface area contributed by atoms with Crippen LogP contribution in [0.2, 0.25) is 0 Å².